The minimum absolute atomic E-state index is 0.326. The standard InChI is InChI=1S/C13H27NO2/c1-4-11-6-5-7-13(8-11)16-10-12(14-2)9-15-3/h11-14H,4-10H2,1-3H3. The zero-order valence-corrected chi connectivity index (χ0v) is 11.0. The predicted octanol–water partition coefficient (Wildman–Crippen LogP) is 2.21. The molecule has 0 spiro atoms. The summed E-state index contributed by atoms with van der Waals surface area (Å²) in [4.78, 5) is 0. The Morgan fingerprint density at radius 2 is 2.12 bits per heavy atom. The third-order valence-corrected chi connectivity index (χ3v) is 3.62. The van der Waals surface area contributed by atoms with Crippen LogP contribution in [0.3, 0.4) is 0 Å². The van der Waals surface area contributed by atoms with E-state index in [0.29, 0.717) is 12.1 Å². The number of hydrogen-bond donors (Lipinski definition) is 1. The molecule has 3 nitrogen and oxygen atoms in total. The van der Waals surface area contributed by atoms with E-state index in [2.05, 4.69) is 12.2 Å². The first-order valence-electron chi connectivity index (χ1n) is 6.57. The van der Waals surface area contributed by atoms with Crippen LogP contribution in [0.5, 0.6) is 0 Å². The van der Waals surface area contributed by atoms with Crippen molar-refractivity contribution in [1.82, 2.24) is 5.32 Å². The maximum absolute atomic E-state index is 5.98. The van der Waals surface area contributed by atoms with Gasteiger partial charge in [0.1, 0.15) is 0 Å². The number of methoxy groups -OCH3 is 1. The van der Waals surface area contributed by atoms with Crippen LogP contribution in [0.1, 0.15) is 39.0 Å². The van der Waals surface area contributed by atoms with Gasteiger partial charge in [0.15, 0.2) is 0 Å². The normalized spacial score (nSPS) is 27.9. The second-order valence-corrected chi connectivity index (χ2v) is 4.84. The second kappa shape index (κ2) is 8.04. The van der Waals surface area contributed by atoms with Crippen molar-refractivity contribution in [1.29, 1.82) is 0 Å². The van der Waals surface area contributed by atoms with Crippen molar-refractivity contribution in [3.8, 4) is 0 Å². The summed E-state index contributed by atoms with van der Waals surface area (Å²) < 4.78 is 11.1. The highest BCUT2D eigenvalue weighted by molar-refractivity contribution is 4.73. The lowest BCUT2D eigenvalue weighted by Crippen LogP contribution is -2.37. The first-order valence-corrected chi connectivity index (χ1v) is 6.57. The average molecular weight is 229 g/mol. The van der Waals surface area contributed by atoms with Gasteiger partial charge >= 0.3 is 0 Å². The quantitative estimate of drug-likeness (QED) is 0.726. The molecule has 0 aromatic rings. The lowest BCUT2D eigenvalue weighted by Gasteiger charge is -2.29. The third-order valence-electron chi connectivity index (χ3n) is 3.62. The molecule has 1 aliphatic carbocycles. The molecule has 0 saturated heterocycles. The van der Waals surface area contributed by atoms with Crippen LogP contribution in [0.25, 0.3) is 0 Å². The van der Waals surface area contributed by atoms with Gasteiger partial charge in [-0.2, -0.15) is 0 Å². The molecule has 96 valence electrons. The highest BCUT2D eigenvalue weighted by atomic mass is 16.5. The van der Waals surface area contributed by atoms with Gasteiger partial charge in [-0.1, -0.05) is 26.2 Å². The van der Waals surface area contributed by atoms with Gasteiger partial charge in [-0.25, -0.2) is 0 Å². The van der Waals surface area contributed by atoms with Gasteiger partial charge < -0.3 is 14.8 Å². The van der Waals surface area contributed by atoms with Gasteiger partial charge in [-0.05, 0) is 25.8 Å². The summed E-state index contributed by atoms with van der Waals surface area (Å²) in [6.45, 7) is 3.78. The SMILES string of the molecule is CCC1CCCC(OCC(COC)NC)C1. The molecule has 3 atom stereocenters. The molecule has 0 radical (unpaired) electrons. The summed E-state index contributed by atoms with van der Waals surface area (Å²) in [7, 11) is 3.70. The van der Waals surface area contributed by atoms with Crippen LogP contribution in [0.2, 0.25) is 0 Å². The number of ether oxygens (including phenoxy) is 2. The zero-order chi connectivity index (χ0) is 11.8. The average Bonchev–Trinajstić information content (AvgIpc) is 2.34. The number of nitrogens with one attached hydrogen (secondary N) is 1. The summed E-state index contributed by atoms with van der Waals surface area (Å²) >= 11 is 0. The molecule has 1 rings (SSSR count). The maximum Gasteiger partial charge on any atom is 0.0645 e. The Morgan fingerprint density at radius 3 is 2.75 bits per heavy atom. The van der Waals surface area contributed by atoms with Crippen molar-refractivity contribution in [2.24, 2.45) is 5.92 Å². The molecule has 0 aliphatic heterocycles. The van der Waals surface area contributed by atoms with Crippen molar-refractivity contribution in [3.05, 3.63) is 0 Å². The Bertz CT molecular complexity index is 175. The van der Waals surface area contributed by atoms with E-state index in [4.69, 9.17) is 9.47 Å². The van der Waals surface area contributed by atoms with E-state index >= 15 is 0 Å². The molecule has 3 unspecified atom stereocenters. The Hall–Kier alpha value is -0.120. The highest BCUT2D eigenvalue weighted by Crippen LogP contribution is 2.28. The first kappa shape index (κ1) is 13.9. The smallest absolute Gasteiger partial charge is 0.0645 e. The summed E-state index contributed by atoms with van der Waals surface area (Å²) in [5.74, 6) is 0.884. The maximum atomic E-state index is 5.98. The van der Waals surface area contributed by atoms with Crippen molar-refractivity contribution in [2.75, 3.05) is 27.4 Å². The molecule has 0 aromatic carbocycles. The van der Waals surface area contributed by atoms with E-state index in [1.165, 1.54) is 32.1 Å². The lowest BCUT2D eigenvalue weighted by molar-refractivity contribution is -0.00790. The predicted molar refractivity (Wildman–Crippen MR) is 66.7 cm³/mol. The molecule has 1 saturated carbocycles. The molecule has 1 N–H and O–H groups in total. The molecule has 1 aliphatic rings. The summed E-state index contributed by atoms with van der Waals surface area (Å²) in [5.41, 5.74) is 0. The molecule has 3 heteroatoms. The second-order valence-electron chi connectivity index (χ2n) is 4.84. The van der Waals surface area contributed by atoms with Gasteiger partial charge in [-0.3, -0.25) is 0 Å². The highest BCUT2D eigenvalue weighted by Gasteiger charge is 2.21. The molecule has 16 heavy (non-hydrogen) atoms. The van der Waals surface area contributed by atoms with Crippen LogP contribution in [0.15, 0.2) is 0 Å². The summed E-state index contributed by atoms with van der Waals surface area (Å²) in [6.07, 6.45) is 6.99. The van der Waals surface area contributed by atoms with E-state index in [1.807, 2.05) is 7.05 Å². The Labute approximate surface area is 99.9 Å². The fraction of sp³-hybridized carbons (Fsp3) is 1.00. The molecule has 0 aromatic heterocycles. The van der Waals surface area contributed by atoms with Gasteiger partial charge in [0, 0.05) is 7.11 Å². The topological polar surface area (TPSA) is 30.5 Å². The van der Waals surface area contributed by atoms with Crippen molar-refractivity contribution < 1.29 is 9.47 Å². The van der Waals surface area contributed by atoms with Crippen LogP contribution in [-0.2, 0) is 9.47 Å². The summed E-state index contributed by atoms with van der Waals surface area (Å²) in [6, 6.07) is 0.326. The Kier molecular flexibility index (Phi) is 7.01. The molecular weight excluding hydrogens is 202 g/mol. The molecule has 0 heterocycles. The van der Waals surface area contributed by atoms with Crippen molar-refractivity contribution >= 4 is 0 Å². The minimum atomic E-state index is 0.326. The van der Waals surface area contributed by atoms with E-state index in [9.17, 15) is 0 Å². The summed E-state index contributed by atoms with van der Waals surface area (Å²) in [5, 5.41) is 3.22. The third kappa shape index (κ3) is 4.81. The Balaban J connectivity index is 2.20. The minimum Gasteiger partial charge on any atom is -0.383 e. The largest absolute Gasteiger partial charge is 0.383 e. The van der Waals surface area contributed by atoms with Crippen LogP contribution in [-0.4, -0.2) is 39.5 Å². The van der Waals surface area contributed by atoms with Crippen molar-refractivity contribution in [3.63, 3.8) is 0 Å². The van der Waals surface area contributed by atoms with Gasteiger partial charge in [0.2, 0.25) is 0 Å². The number of rotatable bonds is 7. The van der Waals surface area contributed by atoms with E-state index in [-0.39, 0.29) is 0 Å². The molecule has 0 amide bonds. The number of hydrogen-bond acceptors (Lipinski definition) is 3. The number of likely N-dealkylation sites (N-methyl/N-ethyl adjacent to an activating group) is 1. The van der Waals surface area contributed by atoms with Crippen LogP contribution >= 0.6 is 0 Å². The zero-order valence-electron chi connectivity index (χ0n) is 11.0. The van der Waals surface area contributed by atoms with Crippen LogP contribution in [0, 0.1) is 5.92 Å². The van der Waals surface area contributed by atoms with E-state index < -0.39 is 0 Å². The molecular formula is C13H27NO2. The molecule has 0 bridgehead atoms. The first-order chi connectivity index (χ1) is 7.80. The lowest BCUT2D eigenvalue weighted by atomic mass is 9.85. The van der Waals surface area contributed by atoms with E-state index in [1.54, 1.807) is 7.11 Å². The van der Waals surface area contributed by atoms with Crippen molar-refractivity contribution in [2.45, 2.75) is 51.2 Å². The fourth-order valence-corrected chi connectivity index (χ4v) is 2.43. The molecule has 1 fully saturated rings. The van der Waals surface area contributed by atoms with Gasteiger partial charge in [0.05, 0.1) is 25.4 Å². The Morgan fingerprint density at radius 1 is 1.31 bits per heavy atom. The van der Waals surface area contributed by atoms with Gasteiger partial charge in [0.25, 0.3) is 0 Å². The fourth-order valence-electron chi connectivity index (χ4n) is 2.43. The van der Waals surface area contributed by atoms with Crippen LogP contribution < -0.4 is 5.32 Å². The van der Waals surface area contributed by atoms with E-state index in [0.717, 1.165) is 19.1 Å². The van der Waals surface area contributed by atoms with Crippen LogP contribution in [0.4, 0.5) is 0 Å². The van der Waals surface area contributed by atoms with Gasteiger partial charge in [-0.15, -0.1) is 0 Å². The monoisotopic (exact) mass is 229 g/mol.